The molecule has 0 bridgehead atoms. The molecule has 1 amide bonds. The third kappa shape index (κ3) is 8.90. The summed E-state index contributed by atoms with van der Waals surface area (Å²) in [7, 11) is 0. The van der Waals surface area contributed by atoms with Crippen LogP contribution in [0.25, 0.3) is 0 Å². The van der Waals surface area contributed by atoms with Gasteiger partial charge in [0.25, 0.3) is 0 Å². The fourth-order valence-electron chi connectivity index (χ4n) is 0.749. The van der Waals surface area contributed by atoms with E-state index in [-0.39, 0.29) is 5.91 Å². The molecule has 0 unspecified atom stereocenters. The lowest BCUT2D eigenvalue weighted by atomic mass is 10.4. The number of hydrogen-bond acceptors (Lipinski definition) is 2. The van der Waals surface area contributed by atoms with E-state index in [2.05, 4.69) is 22.5 Å². The van der Waals surface area contributed by atoms with Gasteiger partial charge >= 0.3 is 0 Å². The summed E-state index contributed by atoms with van der Waals surface area (Å²) in [5.41, 5.74) is 0. The summed E-state index contributed by atoms with van der Waals surface area (Å²) in [5.74, 6) is 5.69. The first-order chi connectivity index (χ1) is 6.16. The van der Waals surface area contributed by atoms with Gasteiger partial charge in [0.1, 0.15) is 0 Å². The Morgan fingerprint density at radius 1 is 1.46 bits per heavy atom. The molecule has 0 aliphatic rings. The van der Waals surface area contributed by atoms with Gasteiger partial charge in [-0.3, -0.25) is 4.79 Å². The van der Waals surface area contributed by atoms with Crippen molar-refractivity contribution in [3.8, 4) is 11.8 Å². The van der Waals surface area contributed by atoms with Gasteiger partial charge in [0, 0.05) is 19.0 Å². The van der Waals surface area contributed by atoms with Gasteiger partial charge in [0.05, 0.1) is 6.54 Å². The van der Waals surface area contributed by atoms with Gasteiger partial charge in [-0.05, 0) is 6.92 Å². The van der Waals surface area contributed by atoms with E-state index in [1.54, 1.807) is 6.92 Å². The second kappa shape index (κ2) is 7.63. The number of amides is 1. The zero-order valence-electron chi connectivity index (χ0n) is 8.61. The molecule has 0 spiro atoms. The van der Waals surface area contributed by atoms with Crippen LogP contribution in [0.5, 0.6) is 0 Å². The highest BCUT2D eigenvalue weighted by Crippen LogP contribution is 1.76. The van der Waals surface area contributed by atoms with E-state index in [1.165, 1.54) is 0 Å². The average Bonchev–Trinajstić information content (AvgIpc) is 2.09. The highest BCUT2D eigenvalue weighted by atomic mass is 16.1. The van der Waals surface area contributed by atoms with Crippen molar-refractivity contribution >= 4 is 5.91 Å². The van der Waals surface area contributed by atoms with Gasteiger partial charge in [0.15, 0.2) is 0 Å². The molecule has 0 saturated heterocycles. The van der Waals surface area contributed by atoms with E-state index in [0.717, 1.165) is 6.42 Å². The summed E-state index contributed by atoms with van der Waals surface area (Å²) in [5, 5.41) is 5.81. The Labute approximate surface area is 80.3 Å². The van der Waals surface area contributed by atoms with Gasteiger partial charge in [-0.25, -0.2) is 0 Å². The Morgan fingerprint density at radius 2 is 2.15 bits per heavy atom. The van der Waals surface area contributed by atoms with E-state index < -0.39 is 0 Å². The van der Waals surface area contributed by atoms with Crippen molar-refractivity contribution < 1.29 is 4.79 Å². The summed E-state index contributed by atoms with van der Waals surface area (Å²) in [6, 6.07) is 0.348. The smallest absolute Gasteiger partial charge is 0.233 e. The van der Waals surface area contributed by atoms with Crippen LogP contribution in [0.3, 0.4) is 0 Å². The third-order valence-electron chi connectivity index (χ3n) is 1.42. The number of carbonyl (C=O) groups excluding carboxylic acids is 1. The van der Waals surface area contributed by atoms with Crippen LogP contribution in [0.15, 0.2) is 0 Å². The fourth-order valence-corrected chi connectivity index (χ4v) is 0.749. The maximum Gasteiger partial charge on any atom is 0.233 e. The lowest BCUT2D eigenvalue weighted by Gasteiger charge is -2.07. The molecule has 13 heavy (non-hydrogen) atoms. The van der Waals surface area contributed by atoms with Crippen molar-refractivity contribution in [3.63, 3.8) is 0 Å². The maximum atomic E-state index is 11.1. The van der Waals surface area contributed by atoms with Crippen LogP contribution in [0, 0.1) is 11.8 Å². The van der Waals surface area contributed by atoms with Crippen LogP contribution in [0.2, 0.25) is 0 Å². The summed E-state index contributed by atoms with van der Waals surface area (Å²) in [6.07, 6.45) is 0.726. The molecular formula is C10H18N2O. The standard InChI is InChI=1S/C10H18N2O/c1-4-5-6-7-11-10(13)8-12-9(2)3/h9,12H,6-8H2,1-3H3,(H,11,13). The van der Waals surface area contributed by atoms with Crippen LogP contribution in [0.1, 0.15) is 27.2 Å². The lowest BCUT2D eigenvalue weighted by Crippen LogP contribution is -2.37. The Morgan fingerprint density at radius 3 is 2.69 bits per heavy atom. The molecule has 0 aromatic heterocycles. The van der Waals surface area contributed by atoms with E-state index in [1.807, 2.05) is 13.8 Å². The molecule has 0 aliphatic heterocycles. The SMILES string of the molecule is CC#CCCNC(=O)CNC(C)C. The Balaban J connectivity index is 3.34. The first kappa shape index (κ1) is 12.0. The zero-order valence-corrected chi connectivity index (χ0v) is 8.61. The highest BCUT2D eigenvalue weighted by Gasteiger charge is 1.99. The normalized spacial score (nSPS) is 9.23. The van der Waals surface area contributed by atoms with Crippen LogP contribution < -0.4 is 10.6 Å². The molecule has 0 aromatic rings. The monoisotopic (exact) mass is 182 g/mol. The molecule has 0 aliphatic carbocycles. The van der Waals surface area contributed by atoms with Gasteiger partial charge in [-0.2, -0.15) is 0 Å². The second-order valence-corrected chi connectivity index (χ2v) is 3.06. The fraction of sp³-hybridized carbons (Fsp3) is 0.700. The van der Waals surface area contributed by atoms with Crippen molar-refractivity contribution in [2.24, 2.45) is 0 Å². The third-order valence-corrected chi connectivity index (χ3v) is 1.42. The predicted molar refractivity (Wildman–Crippen MR) is 54.2 cm³/mol. The molecule has 0 radical (unpaired) electrons. The zero-order chi connectivity index (χ0) is 10.1. The Kier molecular flexibility index (Phi) is 7.04. The first-order valence-electron chi connectivity index (χ1n) is 4.56. The molecule has 74 valence electrons. The van der Waals surface area contributed by atoms with E-state index in [9.17, 15) is 4.79 Å². The van der Waals surface area contributed by atoms with E-state index in [0.29, 0.717) is 19.1 Å². The summed E-state index contributed by atoms with van der Waals surface area (Å²) < 4.78 is 0. The molecule has 3 nitrogen and oxygen atoms in total. The topological polar surface area (TPSA) is 41.1 Å². The molecule has 0 fully saturated rings. The molecule has 0 aromatic carbocycles. The van der Waals surface area contributed by atoms with E-state index >= 15 is 0 Å². The van der Waals surface area contributed by atoms with Gasteiger partial charge in [-0.1, -0.05) is 13.8 Å². The number of nitrogens with one attached hydrogen (secondary N) is 2. The van der Waals surface area contributed by atoms with Crippen LogP contribution in [-0.4, -0.2) is 25.0 Å². The number of rotatable bonds is 5. The van der Waals surface area contributed by atoms with Crippen LogP contribution in [0.4, 0.5) is 0 Å². The van der Waals surface area contributed by atoms with Crippen molar-refractivity contribution in [1.82, 2.24) is 10.6 Å². The maximum absolute atomic E-state index is 11.1. The predicted octanol–water partition coefficient (Wildman–Crippen LogP) is 0.514. The minimum atomic E-state index is 0.0339. The first-order valence-corrected chi connectivity index (χ1v) is 4.56. The minimum absolute atomic E-state index is 0.0339. The van der Waals surface area contributed by atoms with Crippen LogP contribution in [-0.2, 0) is 4.79 Å². The minimum Gasteiger partial charge on any atom is -0.354 e. The molecule has 0 rings (SSSR count). The molecule has 0 saturated carbocycles. The van der Waals surface area contributed by atoms with E-state index in [4.69, 9.17) is 0 Å². The Hall–Kier alpha value is -1.01. The van der Waals surface area contributed by atoms with Crippen molar-refractivity contribution in [1.29, 1.82) is 0 Å². The van der Waals surface area contributed by atoms with Crippen LogP contribution >= 0.6 is 0 Å². The quantitative estimate of drug-likeness (QED) is 0.480. The molecule has 2 N–H and O–H groups in total. The number of carbonyl (C=O) groups is 1. The van der Waals surface area contributed by atoms with Crippen molar-refractivity contribution in [2.45, 2.75) is 33.2 Å². The highest BCUT2D eigenvalue weighted by molar-refractivity contribution is 5.77. The lowest BCUT2D eigenvalue weighted by molar-refractivity contribution is -0.120. The number of hydrogen-bond donors (Lipinski definition) is 2. The molecule has 0 heterocycles. The summed E-state index contributed by atoms with van der Waals surface area (Å²) in [4.78, 5) is 11.1. The molecule has 0 atom stereocenters. The van der Waals surface area contributed by atoms with Crippen molar-refractivity contribution in [2.75, 3.05) is 13.1 Å². The van der Waals surface area contributed by atoms with Crippen molar-refractivity contribution in [3.05, 3.63) is 0 Å². The van der Waals surface area contributed by atoms with Gasteiger partial charge < -0.3 is 10.6 Å². The van der Waals surface area contributed by atoms with Gasteiger partial charge in [0.2, 0.25) is 5.91 Å². The largest absolute Gasteiger partial charge is 0.354 e. The summed E-state index contributed by atoms with van der Waals surface area (Å²) in [6.45, 7) is 6.84. The molecule has 3 heteroatoms. The Bertz CT molecular complexity index is 201. The van der Waals surface area contributed by atoms with Gasteiger partial charge in [-0.15, -0.1) is 11.8 Å². The second-order valence-electron chi connectivity index (χ2n) is 3.06. The molecular weight excluding hydrogens is 164 g/mol. The summed E-state index contributed by atoms with van der Waals surface area (Å²) >= 11 is 0. The average molecular weight is 182 g/mol.